The lowest BCUT2D eigenvalue weighted by atomic mass is 10.1. The fourth-order valence-electron chi connectivity index (χ4n) is 2.49. The van der Waals surface area contributed by atoms with E-state index >= 15 is 0 Å². The molecule has 0 spiro atoms. The smallest absolute Gasteiger partial charge is 0.280 e. The number of hydrogen-bond acceptors (Lipinski definition) is 8. The molecule has 0 bridgehead atoms. The van der Waals surface area contributed by atoms with Gasteiger partial charge in [-0.25, -0.2) is 4.98 Å². The van der Waals surface area contributed by atoms with Crippen LogP contribution in [-0.4, -0.2) is 54.9 Å². The normalized spacial score (nSPS) is 16.8. The topological polar surface area (TPSA) is 82.0 Å². The van der Waals surface area contributed by atoms with Gasteiger partial charge in [0.25, 0.3) is 5.91 Å². The minimum atomic E-state index is -0.519. The summed E-state index contributed by atoms with van der Waals surface area (Å²) in [6, 6.07) is 7.43. The predicted molar refractivity (Wildman–Crippen MR) is 111 cm³/mol. The van der Waals surface area contributed by atoms with Crippen LogP contribution in [0.3, 0.4) is 0 Å². The molecule has 10 heteroatoms. The Hall–Kier alpha value is -2.01. The summed E-state index contributed by atoms with van der Waals surface area (Å²) in [4.78, 5) is 23.1. The van der Waals surface area contributed by atoms with E-state index < -0.39 is 11.0 Å². The summed E-state index contributed by atoms with van der Waals surface area (Å²) in [7, 11) is 0. The summed E-state index contributed by atoms with van der Waals surface area (Å²) >= 11 is 2.41. The van der Waals surface area contributed by atoms with E-state index in [0.717, 1.165) is 28.2 Å². The molecule has 0 aliphatic carbocycles. The third-order valence-corrected chi connectivity index (χ3v) is 5.60. The maximum Gasteiger partial charge on any atom is 0.280 e. The van der Waals surface area contributed by atoms with E-state index in [4.69, 9.17) is 14.3 Å². The fourth-order valence-corrected chi connectivity index (χ4v) is 3.79. The van der Waals surface area contributed by atoms with Gasteiger partial charge in [-0.3, -0.25) is 10.1 Å². The Kier molecular flexibility index (Phi) is 8.41. The standard InChI is InChI=1S/C19H22FN3O4S2/c1-2-25-9-10-28-15-5-3-13(4-6-15)17(23-27-14-7-8-26-12-14)18(24)22-19-21-11-16(20)29-19/h3-6,11,14H,2,7-10,12H2,1H3,(H,21,22,24)/b23-17+/t14-/m1/s1. The summed E-state index contributed by atoms with van der Waals surface area (Å²) in [6.07, 6.45) is 1.58. The van der Waals surface area contributed by atoms with Crippen LogP contribution in [0.1, 0.15) is 18.9 Å². The van der Waals surface area contributed by atoms with Gasteiger partial charge in [0.15, 0.2) is 22.1 Å². The number of amides is 1. The molecule has 7 nitrogen and oxygen atoms in total. The monoisotopic (exact) mass is 439 g/mol. The lowest BCUT2D eigenvalue weighted by molar-refractivity contribution is -0.110. The maximum absolute atomic E-state index is 13.2. The predicted octanol–water partition coefficient (Wildman–Crippen LogP) is 3.56. The third-order valence-electron chi connectivity index (χ3n) is 3.92. The molecule has 1 fully saturated rings. The molecule has 3 rings (SSSR count). The van der Waals surface area contributed by atoms with Crippen molar-refractivity contribution in [3.05, 3.63) is 41.2 Å². The Bertz CT molecular complexity index is 823. The van der Waals surface area contributed by atoms with Crippen molar-refractivity contribution >= 4 is 39.8 Å². The molecule has 2 aromatic rings. The van der Waals surface area contributed by atoms with Gasteiger partial charge < -0.3 is 14.3 Å². The van der Waals surface area contributed by atoms with Crippen LogP contribution in [0.2, 0.25) is 0 Å². The van der Waals surface area contributed by atoms with Crippen LogP contribution in [0.15, 0.2) is 40.5 Å². The Morgan fingerprint density at radius 2 is 2.28 bits per heavy atom. The zero-order chi connectivity index (χ0) is 20.5. The highest BCUT2D eigenvalue weighted by molar-refractivity contribution is 7.99. The van der Waals surface area contributed by atoms with E-state index in [1.165, 1.54) is 0 Å². The molecule has 1 aliphatic rings. The second kappa shape index (κ2) is 11.2. The van der Waals surface area contributed by atoms with Gasteiger partial charge in [0, 0.05) is 29.2 Å². The Labute approximate surface area is 176 Å². The number of oxime groups is 1. The van der Waals surface area contributed by atoms with Gasteiger partial charge in [0.1, 0.15) is 0 Å². The highest BCUT2D eigenvalue weighted by Crippen LogP contribution is 2.20. The molecule has 1 aromatic heterocycles. The Morgan fingerprint density at radius 3 is 2.93 bits per heavy atom. The number of carbonyl (C=O) groups excluding carboxylic acids is 1. The van der Waals surface area contributed by atoms with Crippen LogP contribution < -0.4 is 5.32 Å². The second-order valence-corrected chi connectivity index (χ2v) is 8.17. The number of aromatic nitrogens is 1. The number of nitrogens with zero attached hydrogens (tertiary/aromatic N) is 2. The quantitative estimate of drug-likeness (QED) is 0.264. The van der Waals surface area contributed by atoms with Crippen molar-refractivity contribution in [3.63, 3.8) is 0 Å². The molecular formula is C19H22FN3O4S2. The van der Waals surface area contributed by atoms with Gasteiger partial charge in [-0.1, -0.05) is 28.6 Å². The highest BCUT2D eigenvalue weighted by atomic mass is 32.2. The molecule has 156 valence electrons. The molecular weight excluding hydrogens is 417 g/mol. The number of benzene rings is 1. The van der Waals surface area contributed by atoms with Gasteiger partial charge >= 0.3 is 0 Å². The molecule has 0 radical (unpaired) electrons. The number of nitrogens with one attached hydrogen (secondary N) is 1. The third kappa shape index (κ3) is 6.77. The van der Waals surface area contributed by atoms with Crippen molar-refractivity contribution in [1.82, 2.24) is 4.98 Å². The zero-order valence-corrected chi connectivity index (χ0v) is 17.6. The average molecular weight is 440 g/mol. The summed E-state index contributed by atoms with van der Waals surface area (Å²) in [6.45, 7) is 4.38. The molecule has 29 heavy (non-hydrogen) atoms. The van der Waals surface area contributed by atoms with E-state index in [1.54, 1.807) is 23.9 Å². The van der Waals surface area contributed by atoms with Gasteiger partial charge in [-0.2, -0.15) is 4.39 Å². The number of hydrogen-bond donors (Lipinski definition) is 1. The van der Waals surface area contributed by atoms with Crippen molar-refractivity contribution < 1.29 is 23.5 Å². The largest absolute Gasteiger partial charge is 0.389 e. The van der Waals surface area contributed by atoms with Crippen LogP contribution in [0.25, 0.3) is 0 Å². The lowest BCUT2D eigenvalue weighted by Crippen LogP contribution is -2.25. The SMILES string of the molecule is CCOCCSc1ccc(/C(=N\O[C@@H]2CCOC2)C(=O)Nc2ncc(F)s2)cc1. The molecule has 1 aliphatic heterocycles. The first-order valence-corrected chi connectivity index (χ1v) is 11.0. The van der Waals surface area contributed by atoms with Crippen LogP contribution >= 0.6 is 23.1 Å². The number of ether oxygens (including phenoxy) is 2. The molecule has 0 unspecified atom stereocenters. The van der Waals surface area contributed by atoms with Crippen LogP contribution in [0.4, 0.5) is 9.52 Å². The van der Waals surface area contributed by atoms with Crippen molar-refractivity contribution in [2.75, 3.05) is 37.5 Å². The molecule has 0 saturated carbocycles. The first-order chi connectivity index (χ1) is 14.2. The summed E-state index contributed by atoms with van der Waals surface area (Å²) < 4.78 is 23.8. The molecule has 2 heterocycles. The molecule has 1 amide bonds. The van der Waals surface area contributed by atoms with Crippen LogP contribution in [0.5, 0.6) is 0 Å². The zero-order valence-electron chi connectivity index (χ0n) is 15.9. The summed E-state index contributed by atoms with van der Waals surface area (Å²) in [5, 5.41) is 6.32. The molecule has 1 saturated heterocycles. The maximum atomic E-state index is 13.2. The Morgan fingerprint density at radius 1 is 1.45 bits per heavy atom. The molecule has 1 atom stereocenters. The van der Waals surface area contributed by atoms with Crippen LogP contribution in [-0.2, 0) is 19.1 Å². The second-order valence-electron chi connectivity index (χ2n) is 6.02. The van der Waals surface area contributed by atoms with E-state index in [9.17, 15) is 9.18 Å². The lowest BCUT2D eigenvalue weighted by Gasteiger charge is -2.10. The van der Waals surface area contributed by atoms with E-state index in [1.807, 2.05) is 19.1 Å². The van der Waals surface area contributed by atoms with Gasteiger partial charge in [-0.05, 0) is 19.1 Å². The van der Waals surface area contributed by atoms with E-state index in [-0.39, 0.29) is 16.9 Å². The molecule has 1 aromatic carbocycles. The number of anilines is 1. The van der Waals surface area contributed by atoms with Crippen molar-refractivity contribution in [3.8, 4) is 0 Å². The first-order valence-electron chi connectivity index (χ1n) is 9.21. The van der Waals surface area contributed by atoms with E-state index in [0.29, 0.717) is 38.4 Å². The van der Waals surface area contributed by atoms with Crippen molar-refractivity contribution in [2.45, 2.75) is 24.3 Å². The Balaban J connectivity index is 1.71. The number of thiazole rings is 1. The van der Waals surface area contributed by atoms with E-state index in [2.05, 4.69) is 15.5 Å². The van der Waals surface area contributed by atoms with Crippen LogP contribution in [0, 0.1) is 5.13 Å². The average Bonchev–Trinajstić information content (AvgIpc) is 3.38. The number of rotatable bonds is 10. The summed E-state index contributed by atoms with van der Waals surface area (Å²) in [5.41, 5.74) is 0.686. The fraction of sp³-hybridized carbons (Fsp3) is 0.421. The minimum Gasteiger partial charge on any atom is -0.389 e. The number of halogens is 1. The number of thioether (sulfide) groups is 1. The van der Waals surface area contributed by atoms with Gasteiger partial charge in [0.2, 0.25) is 0 Å². The highest BCUT2D eigenvalue weighted by Gasteiger charge is 2.21. The number of carbonyl (C=O) groups is 1. The van der Waals surface area contributed by atoms with Crippen molar-refractivity contribution in [2.24, 2.45) is 5.16 Å². The minimum absolute atomic E-state index is 0.0957. The first kappa shape index (κ1) is 21.7. The van der Waals surface area contributed by atoms with Crippen molar-refractivity contribution in [1.29, 1.82) is 0 Å². The van der Waals surface area contributed by atoms with Gasteiger partial charge in [-0.15, -0.1) is 11.8 Å². The molecule has 1 N–H and O–H groups in total. The van der Waals surface area contributed by atoms with Gasteiger partial charge in [0.05, 0.1) is 26.0 Å². The summed E-state index contributed by atoms with van der Waals surface area (Å²) in [5.74, 6) is 0.324.